The van der Waals surface area contributed by atoms with E-state index in [0.717, 1.165) is 172 Å². The van der Waals surface area contributed by atoms with E-state index in [1.165, 1.54) is 70.2 Å². The first-order valence-corrected chi connectivity index (χ1v) is 42.2. The minimum absolute atomic E-state index is 0.694. The summed E-state index contributed by atoms with van der Waals surface area (Å²) in [7, 11) is 0. The van der Waals surface area contributed by atoms with Crippen LogP contribution in [0.2, 0.25) is 0 Å². The zero-order valence-corrected chi connectivity index (χ0v) is 67.2. The van der Waals surface area contributed by atoms with Crippen LogP contribution in [0.1, 0.15) is 0 Å². The highest BCUT2D eigenvalue weighted by Crippen LogP contribution is 2.49. The van der Waals surface area contributed by atoms with E-state index in [2.05, 4.69) is 388 Å². The highest BCUT2D eigenvalue weighted by Gasteiger charge is 2.24. The molecule has 0 atom stereocenters. The number of hydrogen-bond acceptors (Lipinski definition) is 6. The summed E-state index contributed by atoms with van der Waals surface area (Å²) in [5.41, 5.74) is 24.6. The maximum Gasteiger partial charge on any atom is 0.160 e. The Kier molecular flexibility index (Phi) is 17.2. The van der Waals surface area contributed by atoms with E-state index >= 15 is 0 Å². The fraction of sp³-hybridized carbons (Fsp3) is 0. The molecule has 576 valence electrons. The quantitative estimate of drug-likeness (QED) is 0.120. The van der Waals surface area contributed by atoms with Crippen LogP contribution in [0.4, 0.5) is 0 Å². The molecule has 0 aliphatic rings. The molecule has 0 saturated carbocycles. The second-order valence-electron chi connectivity index (χ2n) is 32.1. The van der Waals surface area contributed by atoms with Gasteiger partial charge in [-0.3, -0.25) is 0 Å². The van der Waals surface area contributed by atoms with Crippen LogP contribution < -0.4 is 0 Å². The Labute approximate surface area is 714 Å². The zero-order valence-electron chi connectivity index (χ0n) is 67.2. The molecule has 0 amide bonds. The van der Waals surface area contributed by atoms with E-state index in [9.17, 15) is 0 Å². The molecule has 0 aliphatic heterocycles. The van der Waals surface area contributed by atoms with Crippen molar-refractivity contribution in [2.75, 3.05) is 0 Å². The van der Waals surface area contributed by atoms with Crippen LogP contribution in [-0.2, 0) is 0 Å². The van der Waals surface area contributed by atoms with Gasteiger partial charge in [-0.15, -0.1) is 0 Å². The van der Waals surface area contributed by atoms with E-state index in [-0.39, 0.29) is 0 Å². The van der Waals surface area contributed by atoms with E-state index in [0.29, 0.717) is 11.6 Å². The molecular weight excluding hydrogens is 1510 g/mol. The average Bonchev–Trinajstić information content (AvgIpc) is 1.03. The second-order valence-corrected chi connectivity index (χ2v) is 32.1. The fourth-order valence-electron chi connectivity index (χ4n) is 19.1. The lowest BCUT2D eigenvalue weighted by Crippen LogP contribution is -1.96. The van der Waals surface area contributed by atoms with Crippen molar-refractivity contribution in [3.8, 4) is 123 Å². The van der Waals surface area contributed by atoms with Gasteiger partial charge in [0.15, 0.2) is 11.6 Å². The minimum atomic E-state index is 0.694. The SMILES string of the molecule is c1ccc(-c2cc(-c3cccc(-c4cc5c(oc6cccc(-c7ccc8c9ccccc9c9ccccc9c8c7)c65)c5ccccc45)c3)nc(-c3ccccc3)n2)cc1.c1ccc(-c2cccc(-c3cc(-c4ccc(-c5cc6c(oc7cccc(-c8ccc9c%10ccccc%10c%10ccccc%10c9c8)c76)c6ccccc56)cc4)nc(-c4ccccc4)n3)c2)cc1. The van der Waals surface area contributed by atoms with Crippen LogP contribution >= 0.6 is 0 Å². The van der Waals surface area contributed by atoms with Gasteiger partial charge < -0.3 is 8.83 Å². The summed E-state index contributed by atoms with van der Waals surface area (Å²) in [5.74, 6) is 1.39. The van der Waals surface area contributed by atoms with Gasteiger partial charge in [-0.1, -0.05) is 376 Å². The molecule has 0 unspecified atom stereocenters. The predicted molar refractivity (Wildman–Crippen MR) is 518 cm³/mol. The van der Waals surface area contributed by atoms with Gasteiger partial charge in [0.05, 0.1) is 22.8 Å². The Bertz CT molecular complexity index is 8470. The lowest BCUT2D eigenvalue weighted by Gasteiger charge is -2.13. The van der Waals surface area contributed by atoms with E-state index in [1.54, 1.807) is 0 Å². The molecule has 0 N–H and O–H groups in total. The molecule has 0 radical (unpaired) electrons. The predicted octanol–water partition coefficient (Wildman–Crippen LogP) is 32.3. The molecule has 25 rings (SSSR count). The number of fused-ring (bicyclic) bond motifs is 22. The topological polar surface area (TPSA) is 77.8 Å². The number of furan rings is 2. The van der Waals surface area contributed by atoms with Gasteiger partial charge >= 0.3 is 0 Å². The summed E-state index contributed by atoms with van der Waals surface area (Å²) in [4.78, 5) is 20.5. The molecule has 0 fully saturated rings. The molecular formula is C118H72N4O2. The van der Waals surface area contributed by atoms with Gasteiger partial charge in [0.1, 0.15) is 22.3 Å². The molecule has 25 aromatic rings. The molecule has 4 aromatic heterocycles. The number of benzene rings is 21. The van der Waals surface area contributed by atoms with Crippen LogP contribution in [0, 0.1) is 0 Å². The number of hydrogen-bond donors (Lipinski definition) is 0. The molecule has 124 heavy (non-hydrogen) atoms. The first-order valence-electron chi connectivity index (χ1n) is 42.2. The maximum atomic E-state index is 6.82. The smallest absolute Gasteiger partial charge is 0.160 e. The molecule has 0 saturated heterocycles. The van der Waals surface area contributed by atoms with Gasteiger partial charge in [-0.25, -0.2) is 19.9 Å². The molecule has 0 spiro atoms. The summed E-state index contributed by atoms with van der Waals surface area (Å²) in [6, 6.07) is 155. The fourth-order valence-corrected chi connectivity index (χ4v) is 19.1. The van der Waals surface area contributed by atoms with Crippen molar-refractivity contribution >= 4 is 130 Å². The summed E-state index contributed by atoms with van der Waals surface area (Å²) < 4.78 is 13.6. The average molecular weight is 1580 g/mol. The Morgan fingerprint density at radius 2 is 0.411 bits per heavy atom. The third-order valence-electron chi connectivity index (χ3n) is 24.9. The molecule has 21 aromatic carbocycles. The van der Waals surface area contributed by atoms with Gasteiger partial charge in [0.25, 0.3) is 0 Å². The van der Waals surface area contributed by atoms with Gasteiger partial charge in [-0.2, -0.15) is 0 Å². The Morgan fingerprint density at radius 3 is 0.831 bits per heavy atom. The standard InChI is InChI=1S/C62H38N2O.C56H34N2O/c1-3-15-39(16-4-1)43-19-13-20-45(35-43)58-38-57(63-62(64-58)42-17-5-2-6-18-42)41-31-29-40(30-32-41)54-37-56-60-46(27-14-28-59(60)65-61(56)53-26-12-11-25-51(53)54)44-33-34-52-49-23-8-7-21-47(49)48-22-9-10-24-50(48)55(52)36-44;1-3-15-35(16-4-1)51-34-52(58-56(57-51)36-17-5-2-6-18-36)39-20-13-19-37(31-39)48-33-50-54-40(27-14-28-53(54)59-55(50)47-26-12-11-25-45(47)48)38-29-30-46-43-23-8-7-21-41(43)42-22-9-10-24-44(42)49(46)32-38/h1-38H;1-34H. The number of rotatable bonds is 11. The normalized spacial score (nSPS) is 11.7. The summed E-state index contributed by atoms with van der Waals surface area (Å²) in [6.07, 6.45) is 0. The highest BCUT2D eigenvalue weighted by atomic mass is 16.3. The van der Waals surface area contributed by atoms with Gasteiger partial charge in [0.2, 0.25) is 0 Å². The van der Waals surface area contributed by atoms with E-state index < -0.39 is 0 Å². The summed E-state index contributed by atoms with van der Waals surface area (Å²) in [6.45, 7) is 0. The highest BCUT2D eigenvalue weighted by molar-refractivity contribution is 6.29. The van der Waals surface area contributed by atoms with Gasteiger partial charge in [0, 0.05) is 65.7 Å². The van der Waals surface area contributed by atoms with Crippen LogP contribution in [0.25, 0.3) is 253 Å². The Morgan fingerprint density at radius 1 is 0.137 bits per heavy atom. The lowest BCUT2D eigenvalue weighted by atomic mass is 9.90. The number of aromatic nitrogens is 4. The monoisotopic (exact) mass is 1580 g/mol. The first-order chi connectivity index (χ1) is 61.5. The second kappa shape index (κ2) is 29.8. The molecule has 4 heterocycles. The van der Waals surface area contributed by atoms with Crippen molar-refractivity contribution < 1.29 is 8.83 Å². The van der Waals surface area contributed by atoms with Crippen molar-refractivity contribution in [3.05, 3.63) is 437 Å². The minimum Gasteiger partial charge on any atom is -0.455 e. The largest absolute Gasteiger partial charge is 0.455 e. The Hall–Kier alpha value is -16.5. The number of nitrogens with zero attached hydrogens (tertiary/aromatic N) is 4. The van der Waals surface area contributed by atoms with Crippen molar-refractivity contribution in [1.29, 1.82) is 0 Å². The summed E-state index contributed by atoms with van der Waals surface area (Å²) >= 11 is 0. The van der Waals surface area contributed by atoms with Crippen molar-refractivity contribution in [3.63, 3.8) is 0 Å². The van der Waals surface area contributed by atoms with Gasteiger partial charge in [-0.05, 0) is 192 Å². The molecule has 0 aliphatic carbocycles. The molecule has 0 bridgehead atoms. The van der Waals surface area contributed by atoms with Crippen molar-refractivity contribution in [2.45, 2.75) is 0 Å². The summed E-state index contributed by atoms with van der Waals surface area (Å²) in [5, 5.41) is 24.1. The first kappa shape index (κ1) is 71.6. The maximum absolute atomic E-state index is 6.82. The van der Waals surface area contributed by atoms with Crippen molar-refractivity contribution in [2.24, 2.45) is 0 Å². The van der Waals surface area contributed by atoms with Crippen LogP contribution in [0.3, 0.4) is 0 Å². The Balaban J connectivity index is 0.000000140. The van der Waals surface area contributed by atoms with E-state index in [4.69, 9.17) is 28.8 Å². The van der Waals surface area contributed by atoms with Crippen LogP contribution in [-0.4, -0.2) is 19.9 Å². The zero-order chi connectivity index (χ0) is 81.7. The van der Waals surface area contributed by atoms with Crippen LogP contribution in [0.15, 0.2) is 446 Å². The molecule has 6 nitrogen and oxygen atoms in total. The van der Waals surface area contributed by atoms with Crippen LogP contribution in [0.5, 0.6) is 0 Å². The third-order valence-corrected chi connectivity index (χ3v) is 24.9. The van der Waals surface area contributed by atoms with Crippen molar-refractivity contribution in [1.82, 2.24) is 19.9 Å². The third kappa shape index (κ3) is 12.3. The van der Waals surface area contributed by atoms with E-state index in [1.807, 2.05) is 48.5 Å². The lowest BCUT2D eigenvalue weighted by molar-refractivity contribution is 0.672. The molecule has 6 heteroatoms.